The van der Waals surface area contributed by atoms with E-state index in [1.165, 1.54) is 5.56 Å². The lowest BCUT2D eigenvalue weighted by atomic mass is 10.1. The standard InChI is InChI=1S/C14H24N2O.2C2H2O4/c1-12(15-2)11-13-5-7-14(8-6-13)17-10-9-16(3)4;2*3-1(4)2(5)6/h5-8,12,15H,9-11H2,1-4H3;2*(H,3,4)(H,5,6). The van der Waals surface area contributed by atoms with Gasteiger partial charge in [0.05, 0.1) is 0 Å². The van der Waals surface area contributed by atoms with Crippen LogP contribution in [0.3, 0.4) is 0 Å². The fourth-order valence-electron chi connectivity index (χ4n) is 1.52. The number of rotatable bonds is 7. The van der Waals surface area contributed by atoms with E-state index >= 15 is 0 Å². The molecule has 29 heavy (non-hydrogen) atoms. The van der Waals surface area contributed by atoms with E-state index in [1.807, 2.05) is 33.3 Å². The Labute approximate surface area is 168 Å². The lowest BCUT2D eigenvalue weighted by Gasteiger charge is -2.12. The van der Waals surface area contributed by atoms with Crippen LogP contribution in [0.5, 0.6) is 5.75 Å². The molecule has 0 saturated carbocycles. The van der Waals surface area contributed by atoms with E-state index in [-0.39, 0.29) is 0 Å². The molecule has 0 amide bonds. The molecule has 1 aromatic carbocycles. The molecule has 0 radical (unpaired) electrons. The molecule has 5 N–H and O–H groups in total. The van der Waals surface area contributed by atoms with Gasteiger partial charge in [-0.2, -0.15) is 0 Å². The zero-order chi connectivity index (χ0) is 23.0. The van der Waals surface area contributed by atoms with E-state index in [4.69, 9.17) is 44.3 Å². The van der Waals surface area contributed by atoms with Crippen LogP contribution in [0.4, 0.5) is 0 Å². The lowest BCUT2D eigenvalue weighted by Crippen LogP contribution is -2.23. The van der Waals surface area contributed by atoms with Crippen molar-refractivity contribution in [2.45, 2.75) is 19.4 Å². The van der Waals surface area contributed by atoms with Gasteiger partial charge in [-0.05, 0) is 52.2 Å². The van der Waals surface area contributed by atoms with Crippen molar-refractivity contribution in [1.82, 2.24) is 10.2 Å². The predicted octanol–water partition coefficient (Wildman–Crippen LogP) is 0.0886. The van der Waals surface area contributed by atoms with Crippen LogP contribution >= 0.6 is 0 Å². The molecule has 1 aromatic rings. The van der Waals surface area contributed by atoms with Crippen LogP contribution in [0.15, 0.2) is 24.3 Å². The Kier molecular flexibility index (Phi) is 15.3. The number of ether oxygens (including phenoxy) is 1. The summed E-state index contributed by atoms with van der Waals surface area (Å²) in [7, 11) is 6.08. The van der Waals surface area contributed by atoms with E-state index in [1.54, 1.807) is 0 Å². The van der Waals surface area contributed by atoms with Crippen LogP contribution < -0.4 is 10.1 Å². The third-order valence-electron chi connectivity index (χ3n) is 3.13. The number of likely N-dealkylation sites (N-methyl/N-ethyl adjacent to an activating group) is 2. The average molecular weight is 416 g/mol. The number of nitrogens with one attached hydrogen (secondary N) is 1. The number of hydrogen-bond donors (Lipinski definition) is 5. The van der Waals surface area contributed by atoms with Gasteiger partial charge in [-0.25, -0.2) is 19.2 Å². The largest absolute Gasteiger partial charge is 0.492 e. The molecule has 0 saturated heterocycles. The van der Waals surface area contributed by atoms with Gasteiger partial charge in [-0.3, -0.25) is 0 Å². The maximum absolute atomic E-state index is 9.10. The van der Waals surface area contributed by atoms with Gasteiger partial charge in [0.2, 0.25) is 0 Å². The van der Waals surface area contributed by atoms with Crippen LogP contribution in [0.25, 0.3) is 0 Å². The summed E-state index contributed by atoms with van der Waals surface area (Å²) < 4.78 is 5.65. The molecule has 0 bridgehead atoms. The van der Waals surface area contributed by atoms with Crippen molar-refractivity contribution in [3.05, 3.63) is 29.8 Å². The molecule has 1 atom stereocenters. The lowest BCUT2D eigenvalue weighted by molar-refractivity contribution is -0.159. The van der Waals surface area contributed by atoms with Crippen LogP contribution in [0.2, 0.25) is 0 Å². The van der Waals surface area contributed by atoms with Crippen molar-refractivity contribution < 1.29 is 44.3 Å². The average Bonchev–Trinajstić information content (AvgIpc) is 2.63. The summed E-state index contributed by atoms with van der Waals surface area (Å²) in [6, 6.07) is 8.88. The van der Waals surface area contributed by atoms with Gasteiger partial charge in [0.15, 0.2) is 0 Å². The summed E-state index contributed by atoms with van der Waals surface area (Å²) in [5.41, 5.74) is 1.34. The summed E-state index contributed by atoms with van der Waals surface area (Å²) in [6.07, 6.45) is 1.05. The van der Waals surface area contributed by atoms with E-state index < -0.39 is 23.9 Å². The third kappa shape index (κ3) is 18.0. The van der Waals surface area contributed by atoms with Crippen LogP contribution in [0, 0.1) is 0 Å². The zero-order valence-corrected chi connectivity index (χ0v) is 16.8. The second-order valence-electron chi connectivity index (χ2n) is 5.91. The third-order valence-corrected chi connectivity index (χ3v) is 3.13. The Morgan fingerprint density at radius 2 is 1.34 bits per heavy atom. The summed E-state index contributed by atoms with van der Waals surface area (Å²) in [5.74, 6) is -6.34. The SMILES string of the molecule is CNC(C)Cc1ccc(OCCN(C)C)cc1.O=C(O)C(=O)O.O=C(O)C(=O)O. The maximum atomic E-state index is 9.10. The van der Waals surface area contributed by atoms with Gasteiger partial charge in [-0.1, -0.05) is 12.1 Å². The van der Waals surface area contributed by atoms with E-state index in [2.05, 4.69) is 29.3 Å². The topological polar surface area (TPSA) is 174 Å². The Balaban J connectivity index is 0. The van der Waals surface area contributed by atoms with Crippen molar-refractivity contribution in [2.24, 2.45) is 0 Å². The fourth-order valence-corrected chi connectivity index (χ4v) is 1.52. The van der Waals surface area contributed by atoms with Crippen molar-refractivity contribution in [3.8, 4) is 5.75 Å². The first-order chi connectivity index (χ1) is 13.4. The minimum atomic E-state index is -1.82. The molecule has 0 heterocycles. The first-order valence-electron chi connectivity index (χ1n) is 8.36. The van der Waals surface area contributed by atoms with Crippen molar-refractivity contribution >= 4 is 23.9 Å². The molecule has 1 rings (SSSR count). The minimum Gasteiger partial charge on any atom is -0.492 e. The van der Waals surface area contributed by atoms with Crippen molar-refractivity contribution in [3.63, 3.8) is 0 Å². The second-order valence-corrected chi connectivity index (χ2v) is 5.91. The van der Waals surface area contributed by atoms with E-state index in [0.717, 1.165) is 25.3 Å². The highest BCUT2D eigenvalue weighted by Gasteiger charge is 2.04. The highest BCUT2D eigenvalue weighted by Crippen LogP contribution is 2.13. The predicted molar refractivity (Wildman–Crippen MR) is 103 cm³/mol. The molecule has 0 aromatic heterocycles. The zero-order valence-electron chi connectivity index (χ0n) is 16.8. The Morgan fingerprint density at radius 3 is 1.66 bits per heavy atom. The fraction of sp³-hybridized carbons (Fsp3) is 0.444. The first-order valence-corrected chi connectivity index (χ1v) is 8.36. The molecule has 164 valence electrons. The Morgan fingerprint density at radius 1 is 0.931 bits per heavy atom. The summed E-state index contributed by atoms with van der Waals surface area (Å²) >= 11 is 0. The van der Waals surface area contributed by atoms with Gasteiger partial charge in [-0.15, -0.1) is 0 Å². The van der Waals surface area contributed by atoms with Gasteiger partial charge in [0.25, 0.3) is 0 Å². The van der Waals surface area contributed by atoms with Crippen molar-refractivity contribution in [2.75, 3.05) is 34.3 Å². The van der Waals surface area contributed by atoms with Gasteiger partial charge < -0.3 is 35.4 Å². The van der Waals surface area contributed by atoms with Crippen molar-refractivity contribution in [1.29, 1.82) is 0 Å². The van der Waals surface area contributed by atoms with Gasteiger partial charge in [0, 0.05) is 12.6 Å². The van der Waals surface area contributed by atoms with Crippen LogP contribution in [-0.2, 0) is 25.6 Å². The number of carboxylic acid groups (broad SMARTS) is 4. The Bertz CT molecular complexity index is 597. The molecule has 0 fully saturated rings. The number of aliphatic carboxylic acids is 4. The molecule has 11 heteroatoms. The Hall–Kier alpha value is -3.18. The number of benzene rings is 1. The quantitative estimate of drug-likeness (QED) is 0.381. The highest BCUT2D eigenvalue weighted by molar-refractivity contribution is 6.27. The second kappa shape index (κ2) is 15.8. The number of carboxylic acids is 4. The number of carbonyl (C=O) groups is 4. The van der Waals surface area contributed by atoms with Crippen LogP contribution in [0.1, 0.15) is 12.5 Å². The molecular weight excluding hydrogens is 388 g/mol. The molecule has 0 aliphatic carbocycles. The molecule has 0 aliphatic rings. The highest BCUT2D eigenvalue weighted by atomic mass is 16.5. The summed E-state index contributed by atoms with van der Waals surface area (Å²) in [6.45, 7) is 3.86. The molecule has 11 nitrogen and oxygen atoms in total. The van der Waals surface area contributed by atoms with Gasteiger partial charge in [0.1, 0.15) is 12.4 Å². The number of nitrogens with zero attached hydrogens (tertiary/aromatic N) is 1. The number of hydrogen-bond acceptors (Lipinski definition) is 7. The maximum Gasteiger partial charge on any atom is 0.414 e. The normalized spacial score (nSPS) is 10.5. The molecular formula is C18H28N2O9. The molecule has 0 spiro atoms. The molecule has 0 aliphatic heterocycles. The van der Waals surface area contributed by atoms with E-state index in [9.17, 15) is 0 Å². The van der Waals surface area contributed by atoms with Crippen LogP contribution in [-0.4, -0.2) is 89.5 Å². The first kappa shape index (κ1) is 28.0. The van der Waals surface area contributed by atoms with Gasteiger partial charge >= 0.3 is 23.9 Å². The summed E-state index contributed by atoms with van der Waals surface area (Å²) in [5, 5.41) is 32.8. The smallest absolute Gasteiger partial charge is 0.414 e. The van der Waals surface area contributed by atoms with E-state index in [0.29, 0.717) is 6.04 Å². The molecule has 1 unspecified atom stereocenters. The summed E-state index contributed by atoms with van der Waals surface area (Å²) in [4.78, 5) is 38.5. The monoisotopic (exact) mass is 416 g/mol. The minimum absolute atomic E-state index is 0.510.